The Bertz CT molecular complexity index is 547. The second-order valence-corrected chi connectivity index (χ2v) is 7.85. The molecule has 0 radical (unpaired) electrons. The van der Waals surface area contributed by atoms with E-state index < -0.39 is 9.84 Å². The van der Waals surface area contributed by atoms with E-state index in [9.17, 15) is 12.8 Å². The van der Waals surface area contributed by atoms with Gasteiger partial charge < -0.3 is 5.73 Å². The van der Waals surface area contributed by atoms with Crippen LogP contribution in [0.25, 0.3) is 0 Å². The fraction of sp³-hybridized carbons (Fsp3) is 0.500. The average molecular weight is 336 g/mol. The van der Waals surface area contributed by atoms with E-state index in [0.717, 1.165) is 5.56 Å². The SMILES string of the molecule is NC(Cc1ccc(F)cc1Br)C1CCS(=O)(=O)C1. The monoisotopic (exact) mass is 335 g/mol. The minimum absolute atomic E-state index is 0.00644. The summed E-state index contributed by atoms with van der Waals surface area (Å²) in [5.74, 6) is 0.109. The molecule has 1 aliphatic heterocycles. The fourth-order valence-electron chi connectivity index (χ4n) is 2.27. The standard InChI is InChI=1S/C12H15BrFNO2S/c13-11-6-10(14)2-1-8(11)5-12(15)9-3-4-18(16,17)7-9/h1-2,6,9,12H,3-5,7,15H2. The number of hydrogen-bond donors (Lipinski definition) is 1. The first-order chi connectivity index (χ1) is 8.37. The Kier molecular flexibility index (Phi) is 4.08. The van der Waals surface area contributed by atoms with Gasteiger partial charge >= 0.3 is 0 Å². The number of hydrogen-bond acceptors (Lipinski definition) is 3. The molecule has 3 nitrogen and oxygen atoms in total. The van der Waals surface area contributed by atoms with Gasteiger partial charge in [-0.2, -0.15) is 0 Å². The summed E-state index contributed by atoms with van der Waals surface area (Å²) < 4.78 is 36.4. The zero-order valence-corrected chi connectivity index (χ0v) is 12.2. The Morgan fingerprint density at radius 1 is 1.50 bits per heavy atom. The third kappa shape index (κ3) is 3.30. The van der Waals surface area contributed by atoms with Crippen LogP contribution in [-0.2, 0) is 16.3 Å². The van der Waals surface area contributed by atoms with Gasteiger partial charge in [0, 0.05) is 10.5 Å². The topological polar surface area (TPSA) is 60.2 Å². The average Bonchev–Trinajstić information content (AvgIpc) is 2.63. The molecule has 0 aromatic heterocycles. The lowest BCUT2D eigenvalue weighted by Crippen LogP contribution is -2.33. The van der Waals surface area contributed by atoms with E-state index in [0.29, 0.717) is 17.3 Å². The van der Waals surface area contributed by atoms with Crippen molar-refractivity contribution < 1.29 is 12.8 Å². The van der Waals surface area contributed by atoms with E-state index in [4.69, 9.17) is 5.73 Å². The van der Waals surface area contributed by atoms with Crippen molar-refractivity contribution in [3.05, 3.63) is 34.1 Å². The van der Waals surface area contributed by atoms with Gasteiger partial charge in [-0.1, -0.05) is 22.0 Å². The van der Waals surface area contributed by atoms with Gasteiger partial charge in [0.1, 0.15) is 5.82 Å². The van der Waals surface area contributed by atoms with Crippen LogP contribution >= 0.6 is 15.9 Å². The van der Waals surface area contributed by atoms with Gasteiger partial charge in [-0.05, 0) is 36.5 Å². The van der Waals surface area contributed by atoms with Crippen molar-refractivity contribution in [3.8, 4) is 0 Å². The minimum atomic E-state index is -2.90. The first-order valence-corrected chi connectivity index (χ1v) is 8.39. The van der Waals surface area contributed by atoms with E-state index in [-0.39, 0.29) is 29.3 Å². The summed E-state index contributed by atoms with van der Waals surface area (Å²) in [7, 11) is -2.90. The van der Waals surface area contributed by atoms with Crippen molar-refractivity contribution >= 4 is 25.8 Å². The summed E-state index contributed by atoms with van der Waals surface area (Å²) in [6, 6.07) is 4.26. The molecule has 1 aromatic rings. The smallest absolute Gasteiger partial charge is 0.150 e. The Morgan fingerprint density at radius 3 is 2.78 bits per heavy atom. The Balaban J connectivity index is 2.05. The summed E-state index contributed by atoms with van der Waals surface area (Å²) in [6.07, 6.45) is 1.18. The second-order valence-electron chi connectivity index (χ2n) is 4.77. The predicted octanol–water partition coefficient (Wildman–Crippen LogP) is 1.89. The van der Waals surface area contributed by atoms with Crippen LogP contribution in [0.15, 0.2) is 22.7 Å². The number of halogens is 2. The van der Waals surface area contributed by atoms with Gasteiger partial charge in [0.2, 0.25) is 0 Å². The minimum Gasteiger partial charge on any atom is -0.327 e. The highest BCUT2D eigenvalue weighted by atomic mass is 79.9. The molecule has 1 heterocycles. The van der Waals surface area contributed by atoms with Crippen LogP contribution in [0.1, 0.15) is 12.0 Å². The van der Waals surface area contributed by atoms with E-state index in [1.54, 1.807) is 6.07 Å². The lowest BCUT2D eigenvalue weighted by atomic mass is 9.94. The first-order valence-electron chi connectivity index (χ1n) is 5.77. The molecule has 2 atom stereocenters. The van der Waals surface area contributed by atoms with E-state index in [1.165, 1.54) is 12.1 Å². The molecular weight excluding hydrogens is 321 g/mol. The Morgan fingerprint density at radius 2 is 2.22 bits per heavy atom. The van der Waals surface area contributed by atoms with Crippen LogP contribution in [0, 0.1) is 11.7 Å². The highest BCUT2D eigenvalue weighted by Gasteiger charge is 2.32. The molecule has 100 valence electrons. The number of benzene rings is 1. The van der Waals surface area contributed by atoms with E-state index >= 15 is 0 Å². The van der Waals surface area contributed by atoms with Gasteiger partial charge in [-0.15, -0.1) is 0 Å². The van der Waals surface area contributed by atoms with Crippen molar-refractivity contribution in [2.75, 3.05) is 11.5 Å². The van der Waals surface area contributed by atoms with Crippen LogP contribution in [0.3, 0.4) is 0 Å². The molecule has 0 spiro atoms. The van der Waals surface area contributed by atoms with Crippen molar-refractivity contribution in [2.45, 2.75) is 18.9 Å². The molecule has 0 aliphatic carbocycles. The van der Waals surface area contributed by atoms with Crippen LogP contribution < -0.4 is 5.73 Å². The van der Waals surface area contributed by atoms with Crippen LogP contribution in [0.5, 0.6) is 0 Å². The quantitative estimate of drug-likeness (QED) is 0.917. The first kappa shape index (κ1) is 14.0. The van der Waals surface area contributed by atoms with Gasteiger partial charge in [0.25, 0.3) is 0 Å². The number of rotatable bonds is 3. The molecule has 0 bridgehead atoms. The van der Waals surface area contributed by atoms with Crippen LogP contribution in [0.4, 0.5) is 4.39 Å². The maximum atomic E-state index is 12.9. The molecule has 1 aromatic carbocycles. The molecule has 1 saturated heterocycles. The Labute approximate surface area is 115 Å². The predicted molar refractivity (Wildman–Crippen MR) is 72.5 cm³/mol. The number of sulfone groups is 1. The third-order valence-corrected chi connectivity index (χ3v) is 5.88. The molecule has 6 heteroatoms. The fourth-order valence-corrected chi connectivity index (χ4v) is 4.68. The molecule has 2 N–H and O–H groups in total. The van der Waals surface area contributed by atoms with Gasteiger partial charge in [0.05, 0.1) is 11.5 Å². The Hall–Kier alpha value is -0.460. The molecule has 0 saturated carbocycles. The lowest BCUT2D eigenvalue weighted by molar-refractivity contribution is 0.460. The van der Waals surface area contributed by atoms with Crippen molar-refractivity contribution in [1.82, 2.24) is 0 Å². The molecule has 2 rings (SSSR count). The normalized spacial score (nSPS) is 24.1. The van der Waals surface area contributed by atoms with E-state index in [1.807, 2.05) is 0 Å². The van der Waals surface area contributed by atoms with Crippen molar-refractivity contribution in [2.24, 2.45) is 11.7 Å². The van der Waals surface area contributed by atoms with Gasteiger partial charge in [-0.3, -0.25) is 0 Å². The molecular formula is C12H15BrFNO2S. The lowest BCUT2D eigenvalue weighted by Gasteiger charge is -2.18. The summed E-state index contributed by atoms with van der Waals surface area (Å²) in [4.78, 5) is 0. The zero-order valence-electron chi connectivity index (χ0n) is 9.77. The summed E-state index contributed by atoms with van der Waals surface area (Å²) in [6.45, 7) is 0. The van der Waals surface area contributed by atoms with Gasteiger partial charge in [-0.25, -0.2) is 12.8 Å². The largest absolute Gasteiger partial charge is 0.327 e. The summed E-state index contributed by atoms with van der Waals surface area (Å²) in [5, 5.41) is 0. The highest BCUT2D eigenvalue weighted by Crippen LogP contribution is 2.25. The van der Waals surface area contributed by atoms with Crippen molar-refractivity contribution in [1.29, 1.82) is 0 Å². The molecule has 0 amide bonds. The summed E-state index contributed by atoms with van der Waals surface area (Å²) in [5.41, 5.74) is 6.97. The second kappa shape index (κ2) is 5.27. The molecule has 2 unspecified atom stereocenters. The molecule has 1 fully saturated rings. The van der Waals surface area contributed by atoms with E-state index in [2.05, 4.69) is 15.9 Å². The van der Waals surface area contributed by atoms with Gasteiger partial charge in [0.15, 0.2) is 9.84 Å². The zero-order chi connectivity index (χ0) is 13.3. The molecule has 1 aliphatic rings. The summed E-state index contributed by atoms with van der Waals surface area (Å²) >= 11 is 3.29. The maximum absolute atomic E-state index is 12.9. The maximum Gasteiger partial charge on any atom is 0.150 e. The number of nitrogens with two attached hydrogens (primary N) is 1. The highest BCUT2D eigenvalue weighted by molar-refractivity contribution is 9.10. The molecule has 18 heavy (non-hydrogen) atoms. The van der Waals surface area contributed by atoms with Crippen LogP contribution in [0.2, 0.25) is 0 Å². The third-order valence-electron chi connectivity index (χ3n) is 3.34. The van der Waals surface area contributed by atoms with Crippen molar-refractivity contribution in [3.63, 3.8) is 0 Å². The van der Waals surface area contributed by atoms with Crippen LogP contribution in [-0.4, -0.2) is 26.0 Å².